The van der Waals surface area contributed by atoms with Crippen LogP contribution in [0.4, 0.5) is 0 Å². The Morgan fingerprint density at radius 3 is 2.19 bits per heavy atom. The first-order valence-corrected chi connectivity index (χ1v) is 7.00. The Morgan fingerprint density at radius 1 is 1.10 bits per heavy atom. The van der Waals surface area contributed by atoms with Gasteiger partial charge in [0.05, 0.1) is 7.11 Å². The predicted octanol–water partition coefficient (Wildman–Crippen LogP) is 4.77. The summed E-state index contributed by atoms with van der Waals surface area (Å²) >= 11 is 12.2. The van der Waals surface area contributed by atoms with Crippen molar-refractivity contribution >= 4 is 29.2 Å². The van der Waals surface area contributed by atoms with Crippen LogP contribution in [-0.2, 0) is 4.74 Å². The van der Waals surface area contributed by atoms with Gasteiger partial charge in [0.15, 0.2) is 0 Å². The molecule has 0 spiro atoms. The van der Waals surface area contributed by atoms with E-state index in [1.54, 1.807) is 38.1 Å². The van der Waals surface area contributed by atoms with Gasteiger partial charge in [-0.2, -0.15) is 0 Å². The maximum Gasteiger partial charge on any atom is 0.341 e. The third kappa shape index (κ3) is 2.71. The Hall–Kier alpha value is -1.71. The van der Waals surface area contributed by atoms with Gasteiger partial charge >= 0.3 is 5.97 Å². The number of carbonyl (C=O) groups excluding carboxylic acids is 1. The van der Waals surface area contributed by atoms with Crippen molar-refractivity contribution in [3.8, 4) is 16.9 Å². The average molecular weight is 325 g/mol. The standard InChI is InChI=1S/C16H14Cl2O3/c1-8-12(10-4-6-11(17)7-5-10)15(19)13(16(20)21-3)9(2)14(8)18/h4-7,19H,1-3H3. The molecule has 21 heavy (non-hydrogen) atoms. The Bertz CT molecular complexity index is 707. The highest BCUT2D eigenvalue weighted by Gasteiger charge is 2.24. The molecule has 0 aromatic heterocycles. The summed E-state index contributed by atoms with van der Waals surface area (Å²) in [5.74, 6) is -0.759. The second-order valence-corrected chi connectivity index (χ2v) is 5.48. The molecule has 0 radical (unpaired) electrons. The van der Waals surface area contributed by atoms with Crippen molar-refractivity contribution in [1.82, 2.24) is 0 Å². The van der Waals surface area contributed by atoms with Gasteiger partial charge in [-0.3, -0.25) is 0 Å². The number of hydrogen-bond acceptors (Lipinski definition) is 3. The quantitative estimate of drug-likeness (QED) is 0.809. The minimum atomic E-state index is -0.623. The summed E-state index contributed by atoms with van der Waals surface area (Å²) in [6.45, 7) is 3.47. The molecule has 5 heteroatoms. The normalized spacial score (nSPS) is 10.5. The van der Waals surface area contributed by atoms with E-state index in [1.807, 2.05) is 0 Å². The molecule has 0 bridgehead atoms. The summed E-state index contributed by atoms with van der Waals surface area (Å²) in [6.07, 6.45) is 0. The molecule has 0 saturated heterocycles. The highest BCUT2D eigenvalue weighted by molar-refractivity contribution is 6.33. The largest absolute Gasteiger partial charge is 0.506 e. The highest BCUT2D eigenvalue weighted by atomic mass is 35.5. The third-order valence-electron chi connectivity index (χ3n) is 3.40. The lowest BCUT2D eigenvalue weighted by atomic mass is 9.93. The van der Waals surface area contributed by atoms with Crippen LogP contribution in [0.1, 0.15) is 21.5 Å². The molecule has 0 aliphatic rings. The summed E-state index contributed by atoms with van der Waals surface area (Å²) in [5.41, 5.74) is 2.50. The van der Waals surface area contributed by atoms with Gasteiger partial charge in [-0.15, -0.1) is 0 Å². The van der Waals surface area contributed by atoms with Crippen molar-refractivity contribution in [2.45, 2.75) is 13.8 Å². The monoisotopic (exact) mass is 324 g/mol. The Morgan fingerprint density at radius 2 is 1.67 bits per heavy atom. The van der Waals surface area contributed by atoms with Crippen molar-refractivity contribution in [3.05, 3.63) is 51.0 Å². The summed E-state index contributed by atoms with van der Waals surface area (Å²) in [6, 6.07) is 6.94. The number of methoxy groups -OCH3 is 1. The summed E-state index contributed by atoms with van der Waals surface area (Å²) < 4.78 is 4.72. The lowest BCUT2D eigenvalue weighted by molar-refractivity contribution is 0.0596. The number of aromatic hydroxyl groups is 1. The number of halogens is 2. The van der Waals surface area contributed by atoms with Gasteiger partial charge in [-0.05, 0) is 42.7 Å². The molecular weight excluding hydrogens is 311 g/mol. The summed E-state index contributed by atoms with van der Waals surface area (Å²) in [5, 5.41) is 11.5. The minimum absolute atomic E-state index is 0.0815. The first-order valence-electron chi connectivity index (χ1n) is 6.24. The van der Waals surface area contributed by atoms with Gasteiger partial charge in [0.25, 0.3) is 0 Å². The van der Waals surface area contributed by atoms with Gasteiger partial charge in [0.1, 0.15) is 11.3 Å². The summed E-state index contributed by atoms with van der Waals surface area (Å²) in [4.78, 5) is 11.9. The lowest BCUT2D eigenvalue weighted by Crippen LogP contribution is -2.07. The number of ether oxygens (including phenoxy) is 1. The molecule has 0 fully saturated rings. The highest BCUT2D eigenvalue weighted by Crippen LogP contribution is 2.42. The molecule has 0 amide bonds. The molecule has 0 heterocycles. The smallest absolute Gasteiger partial charge is 0.341 e. The molecule has 2 rings (SSSR count). The van der Waals surface area contributed by atoms with Gasteiger partial charge in [-0.1, -0.05) is 35.3 Å². The zero-order valence-electron chi connectivity index (χ0n) is 11.8. The van der Waals surface area contributed by atoms with E-state index in [4.69, 9.17) is 27.9 Å². The fraction of sp³-hybridized carbons (Fsp3) is 0.188. The molecule has 0 saturated carbocycles. The Kier molecular flexibility index (Phi) is 4.45. The van der Waals surface area contributed by atoms with Crippen LogP contribution < -0.4 is 0 Å². The van der Waals surface area contributed by atoms with Crippen molar-refractivity contribution < 1.29 is 14.6 Å². The van der Waals surface area contributed by atoms with E-state index in [0.717, 1.165) is 5.56 Å². The zero-order chi connectivity index (χ0) is 15.7. The number of hydrogen-bond donors (Lipinski definition) is 1. The van der Waals surface area contributed by atoms with Crippen LogP contribution in [-0.4, -0.2) is 18.2 Å². The fourth-order valence-corrected chi connectivity index (χ4v) is 2.62. The van der Waals surface area contributed by atoms with Gasteiger partial charge in [-0.25, -0.2) is 4.79 Å². The molecule has 2 aromatic carbocycles. The number of phenolic OH excluding ortho intramolecular Hbond substituents is 1. The van der Waals surface area contributed by atoms with Crippen molar-refractivity contribution in [1.29, 1.82) is 0 Å². The molecule has 1 N–H and O–H groups in total. The van der Waals surface area contributed by atoms with Crippen LogP contribution in [0.5, 0.6) is 5.75 Å². The molecule has 0 atom stereocenters. The number of esters is 1. The maximum absolute atomic E-state index is 11.9. The zero-order valence-corrected chi connectivity index (χ0v) is 13.3. The predicted molar refractivity (Wildman–Crippen MR) is 84.4 cm³/mol. The Balaban J connectivity index is 2.80. The van der Waals surface area contributed by atoms with Crippen LogP contribution in [0, 0.1) is 13.8 Å². The first kappa shape index (κ1) is 15.7. The van der Waals surface area contributed by atoms with E-state index < -0.39 is 5.97 Å². The average Bonchev–Trinajstić information content (AvgIpc) is 2.47. The second kappa shape index (κ2) is 5.96. The van der Waals surface area contributed by atoms with Crippen molar-refractivity contribution in [2.75, 3.05) is 7.11 Å². The van der Waals surface area contributed by atoms with E-state index in [1.165, 1.54) is 7.11 Å². The van der Waals surface area contributed by atoms with Crippen molar-refractivity contribution in [3.63, 3.8) is 0 Å². The Labute approximate surface area is 133 Å². The number of benzene rings is 2. The van der Waals surface area contributed by atoms with E-state index in [2.05, 4.69) is 0 Å². The van der Waals surface area contributed by atoms with Crippen LogP contribution in [0.2, 0.25) is 10.0 Å². The molecule has 110 valence electrons. The molecule has 0 unspecified atom stereocenters. The molecule has 2 aromatic rings. The molecule has 3 nitrogen and oxygen atoms in total. The second-order valence-electron chi connectivity index (χ2n) is 4.66. The van der Waals surface area contributed by atoms with E-state index in [9.17, 15) is 9.90 Å². The van der Waals surface area contributed by atoms with E-state index >= 15 is 0 Å². The van der Waals surface area contributed by atoms with E-state index in [0.29, 0.717) is 26.7 Å². The van der Waals surface area contributed by atoms with Gasteiger partial charge in [0.2, 0.25) is 0 Å². The van der Waals surface area contributed by atoms with Crippen LogP contribution >= 0.6 is 23.2 Å². The van der Waals surface area contributed by atoms with Crippen LogP contribution in [0.3, 0.4) is 0 Å². The van der Waals surface area contributed by atoms with E-state index in [-0.39, 0.29) is 11.3 Å². The molecular formula is C16H14Cl2O3. The first-order chi connectivity index (χ1) is 9.88. The molecule has 0 aliphatic heterocycles. The maximum atomic E-state index is 11.9. The summed E-state index contributed by atoms with van der Waals surface area (Å²) in [7, 11) is 1.26. The third-order valence-corrected chi connectivity index (χ3v) is 4.22. The van der Waals surface area contributed by atoms with Crippen molar-refractivity contribution in [2.24, 2.45) is 0 Å². The molecule has 0 aliphatic carbocycles. The van der Waals surface area contributed by atoms with Crippen LogP contribution in [0.25, 0.3) is 11.1 Å². The number of phenols is 1. The lowest BCUT2D eigenvalue weighted by Gasteiger charge is -2.17. The van der Waals surface area contributed by atoms with Gasteiger partial charge in [0, 0.05) is 15.6 Å². The number of carbonyl (C=O) groups is 1. The SMILES string of the molecule is COC(=O)c1c(C)c(Cl)c(C)c(-c2ccc(Cl)cc2)c1O. The number of rotatable bonds is 2. The fourth-order valence-electron chi connectivity index (χ4n) is 2.30. The topological polar surface area (TPSA) is 46.5 Å². The van der Waals surface area contributed by atoms with Gasteiger partial charge < -0.3 is 9.84 Å². The van der Waals surface area contributed by atoms with Crippen LogP contribution in [0.15, 0.2) is 24.3 Å². The minimum Gasteiger partial charge on any atom is -0.506 e.